The van der Waals surface area contributed by atoms with Crippen LogP contribution in [0.1, 0.15) is 33.2 Å². The number of hydrogen-bond acceptors (Lipinski definition) is 4. The molecule has 1 unspecified atom stereocenters. The average molecular weight is 378 g/mol. The van der Waals surface area contributed by atoms with Gasteiger partial charge in [0.1, 0.15) is 5.75 Å². The Hall–Kier alpha value is -2.21. The number of rotatable bonds is 6. The zero-order valence-electron chi connectivity index (χ0n) is 12.8. The third-order valence-electron chi connectivity index (χ3n) is 3.37. The Balaban J connectivity index is 2.15. The minimum absolute atomic E-state index is 0.0106. The number of Topliss-reactive ketones (excluding diaryl/α,β-unsaturated/α-hetero) is 1. The van der Waals surface area contributed by atoms with Crippen molar-refractivity contribution < 1.29 is 14.5 Å². The lowest BCUT2D eigenvalue weighted by atomic mass is 10.1. The largest absolute Gasteiger partial charge is 0.485 e. The fourth-order valence-corrected chi connectivity index (χ4v) is 2.42. The van der Waals surface area contributed by atoms with Gasteiger partial charge in [0.25, 0.3) is 5.69 Å². The number of ether oxygens (including phenoxy) is 1. The van der Waals surface area contributed by atoms with Crippen LogP contribution in [0.4, 0.5) is 5.69 Å². The minimum Gasteiger partial charge on any atom is -0.485 e. The van der Waals surface area contributed by atoms with E-state index in [2.05, 4.69) is 15.9 Å². The van der Waals surface area contributed by atoms with Crippen LogP contribution in [0.15, 0.2) is 42.5 Å². The molecule has 0 saturated heterocycles. The molecule has 0 heterocycles. The lowest BCUT2D eigenvalue weighted by molar-refractivity contribution is -0.384. The quantitative estimate of drug-likeness (QED) is 0.318. The normalized spacial score (nSPS) is 11.8. The second-order valence-electron chi connectivity index (χ2n) is 5.17. The topological polar surface area (TPSA) is 69.4 Å². The van der Waals surface area contributed by atoms with E-state index in [1.54, 1.807) is 12.1 Å². The van der Waals surface area contributed by atoms with Crippen molar-refractivity contribution >= 4 is 27.4 Å². The molecular weight excluding hydrogens is 362 g/mol. The fraction of sp³-hybridized carbons (Fsp3) is 0.235. The molecule has 23 heavy (non-hydrogen) atoms. The number of benzene rings is 2. The van der Waals surface area contributed by atoms with Gasteiger partial charge in [-0.3, -0.25) is 14.9 Å². The predicted octanol–water partition coefficient (Wildman–Crippen LogP) is 4.62. The summed E-state index contributed by atoms with van der Waals surface area (Å²) in [4.78, 5) is 22.4. The lowest BCUT2D eigenvalue weighted by Gasteiger charge is -2.12. The highest BCUT2D eigenvalue weighted by Crippen LogP contribution is 2.33. The van der Waals surface area contributed by atoms with Crippen LogP contribution in [0.2, 0.25) is 0 Å². The molecule has 0 N–H and O–H groups in total. The second kappa shape index (κ2) is 7.37. The van der Waals surface area contributed by atoms with Crippen LogP contribution in [-0.4, -0.2) is 17.3 Å². The molecule has 0 amide bonds. The number of nitro groups is 1. The molecule has 0 saturated carbocycles. The number of nitro benzene ring substituents is 1. The van der Waals surface area contributed by atoms with E-state index in [1.807, 2.05) is 26.0 Å². The number of aryl methyl sites for hydroxylation is 1. The van der Waals surface area contributed by atoms with E-state index in [9.17, 15) is 14.9 Å². The Morgan fingerprint density at radius 1 is 1.26 bits per heavy atom. The smallest absolute Gasteiger partial charge is 0.270 e. The third kappa shape index (κ3) is 4.39. The number of carbonyl (C=O) groups is 1. The van der Waals surface area contributed by atoms with E-state index >= 15 is 0 Å². The number of nitrogens with zero attached hydrogens (tertiary/aromatic N) is 1. The molecule has 0 aliphatic carbocycles. The molecule has 0 aliphatic heterocycles. The highest BCUT2D eigenvalue weighted by molar-refractivity contribution is 9.09. The minimum atomic E-state index is -0.458. The van der Waals surface area contributed by atoms with Gasteiger partial charge in [-0.2, -0.15) is 0 Å². The van der Waals surface area contributed by atoms with Crippen molar-refractivity contribution in [3.63, 3.8) is 0 Å². The molecule has 1 atom stereocenters. The molecule has 2 aromatic carbocycles. The Bertz CT molecular complexity index is 726. The summed E-state index contributed by atoms with van der Waals surface area (Å²) >= 11 is 3.39. The van der Waals surface area contributed by atoms with Crippen LogP contribution in [0.5, 0.6) is 5.75 Å². The Labute approximate surface area is 142 Å². The van der Waals surface area contributed by atoms with Gasteiger partial charge in [0.15, 0.2) is 12.4 Å². The van der Waals surface area contributed by atoms with E-state index in [1.165, 1.54) is 18.2 Å². The monoisotopic (exact) mass is 377 g/mol. The molecule has 0 aromatic heterocycles. The van der Waals surface area contributed by atoms with E-state index in [0.29, 0.717) is 16.9 Å². The van der Waals surface area contributed by atoms with Crippen LogP contribution in [0.25, 0.3) is 0 Å². The molecule has 2 rings (SSSR count). The highest BCUT2D eigenvalue weighted by atomic mass is 79.9. The van der Waals surface area contributed by atoms with Gasteiger partial charge < -0.3 is 4.74 Å². The van der Waals surface area contributed by atoms with E-state index in [0.717, 1.165) is 5.56 Å². The summed E-state index contributed by atoms with van der Waals surface area (Å²) < 4.78 is 5.58. The molecule has 0 spiro atoms. The summed E-state index contributed by atoms with van der Waals surface area (Å²) in [6.45, 7) is 3.67. The van der Waals surface area contributed by atoms with Crippen molar-refractivity contribution in [2.45, 2.75) is 18.7 Å². The summed E-state index contributed by atoms with van der Waals surface area (Å²) in [6, 6.07) is 11.6. The van der Waals surface area contributed by atoms with Gasteiger partial charge >= 0.3 is 0 Å². The Morgan fingerprint density at radius 3 is 2.48 bits per heavy atom. The van der Waals surface area contributed by atoms with Gasteiger partial charge in [0.2, 0.25) is 0 Å². The van der Waals surface area contributed by atoms with E-state index < -0.39 is 4.92 Å². The molecule has 120 valence electrons. The van der Waals surface area contributed by atoms with Crippen LogP contribution < -0.4 is 4.74 Å². The first-order valence-electron chi connectivity index (χ1n) is 7.03. The van der Waals surface area contributed by atoms with Gasteiger partial charge in [0, 0.05) is 28.1 Å². The molecule has 0 aliphatic rings. The van der Waals surface area contributed by atoms with Crippen LogP contribution in [-0.2, 0) is 0 Å². The summed E-state index contributed by atoms with van der Waals surface area (Å²) in [5.74, 6) is 0.317. The number of carbonyl (C=O) groups excluding carboxylic acids is 1. The molecule has 0 bridgehead atoms. The van der Waals surface area contributed by atoms with Crippen LogP contribution >= 0.6 is 15.9 Å². The molecule has 5 nitrogen and oxygen atoms in total. The van der Waals surface area contributed by atoms with Gasteiger partial charge in [-0.15, -0.1) is 0 Å². The third-order valence-corrected chi connectivity index (χ3v) is 3.86. The van der Waals surface area contributed by atoms with E-state index in [4.69, 9.17) is 4.74 Å². The summed E-state index contributed by atoms with van der Waals surface area (Å²) in [6.07, 6.45) is 0. The molecular formula is C17H16BrNO4. The standard InChI is InChI=1S/C17H16BrNO4/c1-11-3-5-13(6-4-11)16(20)10-23-17-8-7-14(19(21)22)9-15(17)12(2)18/h3-9,12H,10H2,1-2H3. The SMILES string of the molecule is Cc1ccc(C(=O)COc2ccc([N+](=O)[O-])cc2C(C)Br)cc1. The number of hydrogen-bond donors (Lipinski definition) is 0. The average Bonchev–Trinajstić information content (AvgIpc) is 2.52. The zero-order chi connectivity index (χ0) is 17.0. The summed E-state index contributed by atoms with van der Waals surface area (Å²) in [5, 5.41) is 10.9. The van der Waals surface area contributed by atoms with Gasteiger partial charge in [0.05, 0.1) is 4.92 Å². The fourth-order valence-electron chi connectivity index (χ4n) is 2.06. The van der Waals surface area contributed by atoms with Crippen LogP contribution in [0.3, 0.4) is 0 Å². The first-order chi connectivity index (χ1) is 10.9. The summed E-state index contributed by atoms with van der Waals surface area (Å²) in [5.41, 5.74) is 2.28. The lowest BCUT2D eigenvalue weighted by Crippen LogP contribution is -2.12. The van der Waals surface area contributed by atoms with Gasteiger partial charge in [-0.1, -0.05) is 45.8 Å². The highest BCUT2D eigenvalue weighted by Gasteiger charge is 2.16. The predicted molar refractivity (Wildman–Crippen MR) is 91.4 cm³/mol. The Kier molecular flexibility index (Phi) is 5.50. The maximum Gasteiger partial charge on any atom is 0.270 e. The maximum absolute atomic E-state index is 12.1. The van der Waals surface area contributed by atoms with Crippen molar-refractivity contribution in [1.29, 1.82) is 0 Å². The molecule has 2 aromatic rings. The number of non-ortho nitro benzene ring substituents is 1. The molecule has 0 fully saturated rings. The van der Waals surface area contributed by atoms with Gasteiger partial charge in [-0.25, -0.2) is 0 Å². The zero-order valence-corrected chi connectivity index (χ0v) is 14.4. The van der Waals surface area contributed by atoms with Crippen molar-refractivity contribution in [2.75, 3.05) is 6.61 Å². The van der Waals surface area contributed by atoms with E-state index in [-0.39, 0.29) is 22.9 Å². The second-order valence-corrected chi connectivity index (χ2v) is 6.55. The van der Waals surface area contributed by atoms with Crippen molar-refractivity contribution in [1.82, 2.24) is 0 Å². The van der Waals surface area contributed by atoms with Crippen LogP contribution in [0, 0.1) is 17.0 Å². The molecule has 0 radical (unpaired) electrons. The van der Waals surface area contributed by atoms with Crippen molar-refractivity contribution in [2.24, 2.45) is 0 Å². The molecule has 6 heteroatoms. The number of ketones is 1. The number of alkyl halides is 1. The first kappa shape index (κ1) is 17.1. The summed E-state index contributed by atoms with van der Waals surface area (Å²) in [7, 11) is 0. The van der Waals surface area contributed by atoms with Gasteiger partial charge in [-0.05, 0) is 19.9 Å². The Morgan fingerprint density at radius 2 is 1.91 bits per heavy atom. The van der Waals surface area contributed by atoms with Crippen molar-refractivity contribution in [3.05, 3.63) is 69.3 Å². The van der Waals surface area contributed by atoms with Crippen molar-refractivity contribution in [3.8, 4) is 5.75 Å². The first-order valence-corrected chi connectivity index (χ1v) is 7.95. The number of halogens is 1. The maximum atomic E-state index is 12.1.